The van der Waals surface area contributed by atoms with Crippen LogP contribution in [0.25, 0.3) is 11.3 Å². The molecule has 0 fully saturated rings. The first-order valence-corrected chi connectivity index (χ1v) is 7.17. The fourth-order valence-corrected chi connectivity index (χ4v) is 2.63. The number of thioether (sulfide) groups is 1. The third-order valence-corrected chi connectivity index (χ3v) is 3.84. The second-order valence-corrected chi connectivity index (χ2v) is 5.25. The molecule has 0 atom stereocenters. The van der Waals surface area contributed by atoms with Crippen molar-refractivity contribution in [2.75, 3.05) is 0 Å². The summed E-state index contributed by atoms with van der Waals surface area (Å²) >= 11 is 1.45. The number of nitriles is 1. The normalized spacial score (nSPS) is 11.5. The molecule has 0 saturated carbocycles. The van der Waals surface area contributed by atoms with Crippen LogP contribution in [0, 0.1) is 11.3 Å². The van der Waals surface area contributed by atoms with Crippen LogP contribution in [0.2, 0.25) is 0 Å². The highest BCUT2D eigenvalue weighted by Gasteiger charge is 2.10. The first kappa shape index (κ1) is 14.8. The van der Waals surface area contributed by atoms with E-state index in [9.17, 15) is 5.26 Å². The third-order valence-electron chi connectivity index (χ3n) is 2.78. The van der Waals surface area contributed by atoms with E-state index in [4.69, 9.17) is 5.73 Å². The first-order chi connectivity index (χ1) is 10.3. The molecule has 3 N–H and O–H groups in total. The molecule has 0 saturated heterocycles. The molecule has 0 bridgehead atoms. The zero-order valence-corrected chi connectivity index (χ0v) is 12.2. The van der Waals surface area contributed by atoms with Crippen molar-refractivity contribution in [3.8, 4) is 17.3 Å². The van der Waals surface area contributed by atoms with Crippen molar-refractivity contribution in [1.29, 1.82) is 5.26 Å². The van der Waals surface area contributed by atoms with E-state index < -0.39 is 0 Å². The smallest absolute Gasteiger partial charge is 0.102 e. The van der Waals surface area contributed by atoms with Gasteiger partial charge in [-0.05, 0) is 30.0 Å². The highest BCUT2D eigenvalue weighted by molar-refractivity contribution is 8.03. The van der Waals surface area contributed by atoms with E-state index >= 15 is 0 Å². The molecule has 1 aromatic heterocycles. The van der Waals surface area contributed by atoms with Gasteiger partial charge in [-0.1, -0.05) is 54.7 Å². The van der Waals surface area contributed by atoms with Crippen LogP contribution in [0.4, 0.5) is 0 Å². The first-order valence-electron chi connectivity index (χ1n) is 6.36. The lowest BCUT2D eigenvalue weighted by Crippen LogP contribution is -1.79. The standard InChI is InChI=1S/C17H15N3S/c1-2-15(9-6-10-18)21-17-14(12-19)11-16(20-17)13-7-4-3-5-8-13/h2-11,20H,1,18H2/b10-6+,15-9+. The van der Waals surface area contributed by atoms with Gasteiger partial charge in [0.2, 0.25) is 0 Å². The van der Waals surface area contributed by atoms with Gasteiger partial charge < -0.3 is 10.7 Å². The number of allylic oxidation sites excluding steroid dienone is 3. The second kappa shape index (κ2) is 7.22. The van der Waals surface area contributed by atoms with Gasteiger partial charge in [-0.15, -0.1) is 0 Å². The summed E-state index contributed by atoms with van der Waals surface area (Å²) in [4.78, 5) is 4.20. The maximum absolute atomic E-state index is 9.28. The van der Waals surface area contributed by atoms with Gasteiger partial charge in [0, 0.05) is 10.6 Å². The molecule has 21 heavy (non-hydrogen) atoms. The number of nitrogens with zero attached hydrogens (tertiary/aromatic N) is 1. The maximum atomic E-state index is 9.28. The zero-order chi connectivity index (χ0) is 15.1. The molecular formula is C17H15N3S. The fourth-order valence-electron chi connectivity index (χ4n) is 1.78. The molecule has 0 aliphatic heterocycles. The highest BCUT2D eigenvalue weighted by Crippen LogP contribution is 2.32. The van der Waals surface area contributed by atoms with Gasteiger partial charge >= 0.3 is 0 Å². The van der Waals surface area contributed by atoms with Gasteiger partial charge in [0.15, 0.2) is 0 Å². The number of hydrogen-bond donors (Lipinski definition) is 2. The molecule has 1 aromatic carbocycles. The monoisotopic (exact) mass is 293 g/mol. The molecule has 0 aliphatic carbocycles. The van der Waals surface area contributed by atoms with Gasteiger partial charge in [-0.25, -0.2) is 0 Å². The number of nitrogens with two attached hydrogens (primary N) is 1. The molecule has 1 heterocycles. The molecule has 0 radical (unpaired) electrons. The molecule has 0 amide bonds. The predicted molar refractivity (Wildman–Crippen MR) is 88.4 cm³/mol. The van der Waals surface area contributed by atoms with Gasteiger partial charge in [0.25, 0.3) is 0 Å². The molecule has 0 aliphatic rings. The zero-order valence-electron chi connectivity index (χ0n) is 11.4. The summed E-state index contributed by atoms with van der Waals surface area (Å²) in [6.07, 6.45) is 6.77. The van der Waals surface area contributed by atoms with E-state index in [0.29, 0.717) is 5.56 Å². The molecule has 2 rings (SSSR count). The van der Waals surface area contributed by atoms with E-state index in [-0.39, 0.29) is 0 Å². The number of rotatable bonds is 5. The molecule has 2 aromatic rings. The van der Waals surface area contributed by atoms with E-state index in [2.05, 4.69) is 17.6 Å². The number of aromatic amines is 1. The lowest BCUT2D eigenvalue weighted by Gasteiger charge is -2.00. The minimum atomic E-state index is 0.614. The predicted octanol–water partition coefficient (Wildman–Crippen LogP) is 4.19. The molecule has 0 unspecified atom stereocenters. The number of aromatic nitrogens is 1. The Balaban J connectivity index is 2.35. The Kier molecular flexibility index (Phi) is 5.08. The average molecular weight is 293 g/mol. The van der Waals surface area contributed by atoms with Crippen molar-refractivity contribution in [3.05, 3.63) is 77.9 Å². The minimum Gasteiger partial charge on any atom is -0.405 e. The molecule has 104 valence electrons. The van der Waals surface area contributed by atoms with Gasteiger partial charge in [-0.2, -0.15) is 5.26 Å². The van der Waals surface area contributed by atoms with E-state index in [1.807, 2.05) is 42.5 Å². The van der Waals surface area contributed by atoms with E-state index in [0.717, 1.165) is 21.2 Å². The summed E-state index contributed by atoms with van der Waals surface area (Å²) in [7, 11) is 0. The Morgan fingerprint density at radius 2 is 2.10 bits per heavy atom. The lowest BCUT2D eigenvalue weighted by atomic mass is 10.1. The number of benzene rings is 1. The number of hydrogen-bond acceptors (Lipinski definition) is 3. The van der Waals surface area contributed by atoms with E-state index in [1.165, 1.54) is 18.0 Å². The molecule has 3 nitrogen and oxygen atoms in total. The van der Waals surface area contributed by atoms with Crippen molar-refractivity contribution >= 4 is 11.8 Å². The van der Waals surface area contributed by atoms with Crippen LogP contribution in [0.3, 0.4) is 0 Å². The Labute approximate surface area is 128 Å². The Morgan fingerprint density at radius 1 is 1.33 bits per heavy atom. The van der Waals surface area contributed by atoms with Crippen LogP contribution in [0.15, 0.2) is 77.3 Å². The van der Waals surface area contributed by atoms with Crippen molar-refractivity contribution < 1.29 is 0 Å². The van der Waals surface area contributed by atoms with Crippen LogP contribution in [0.1, 0.15) is 5.56 Å². The summed E-state index contributed by atoms with van der Waals surface area (Å²) in [5.74, 6) is 0. The van der Waals surface area contributed by atoms with Crippen LogP contribution in [0.5, 0.6) is 0 Å². The minimum absolute atomic E-state index is 0.614. The van der Waals surface area contributed by atoms with E-state index in [1.54, 1.807) is 12.2 Å². The van der Waals surface area contributed by atoms with Gasteiger partial charge in [0.05, 0.1) is 10.6 Å². The van der Waals surface area contributed by atoms with Crippen LogP contribution < -0.4 is 5.73 Å². The summed E-state index contributed by atoms with van der Waals surface area (Å²) in [6, 6.07) is 14.0. The fraction of sp³-hybridized carbons (Fsp3) is 0. The van der Waals surface area contributed by atoms with Crippen molar-refractivity contribution in [3.63, 3.8) is 0 Å². The molecular weight excluding hydrogens is 278 g/mol. The molecule has 0 spiro atoms. The summed E-state index contributed by atoms with van der Waals surface area (Å²) in [5, 5.41) is 10.1. The SMILES string of the molecule is C=C/C(=C\C=C\N)Sc1[nH]c(-c2ccccc2)cc1C#N. The lowest BCUT2D eigenvalue weighted by molar-refractivity contribution is 1.19. The van der Waals surface area contributed by atoms with Crippen LogP contribution in [-0.2, 0) is 0 Å². The second-order valence-electron chi connectivity index (χ2n) is 4.16. The van der Waals surface area contributed by atoms with Gasteiger partial charge in [0.1, 0.15) is 6.07 Å². The Bertz CT molecular complexity index is 718. The maximum Gasteiger partial charge on any atom is 0.102 e. The largest absolute Gasteiger partial charge is 0.405 e. The van der Waals surface area contributed by atoms with Crippen molar-refractivity contribution in [2.24, 2.45) is 5.73 Å². The summed E-state index contributed by atoms with van der Waals surface area (Å²) < 4.78 is 0. The summed E-state index contributed by atoms with van der Waals surface area (Å²) in [5.41, 5.74) is 7.92. The topological polar surface area (TPSA) is 65.6 Å². The summed E-state index contributed by atoms with van der Waals surface area (Å²) in [6.45, 7) is 3.77. The Hall–Kier alpha value is -2.64. The van der Waals surface area contributed by atoms with Crippen LogP contribution in [-0.4, -0.2) is 4.98 Å². The van der Waals surface area contributed by atoms with Crippen molar-refractivity contribution in [1.82, 2.24) is 4.98 Å². The average Bonchev–Trinajstić information content (AvgIpc) is 2.95. The van der Waals surface area contributed by atoms with Crippen LogP contribution >= 0.6 is 11.8 Å². The Morgan fingerprint density at radius 3 is 2.71 bits per heavy atom. The van der Waals surface area contributed by atoms with Gasteiger partial charge in [-0.3, -0.25) is 0 Å². The number of nitrogens with one attached hydrogen (secondary N) is 1. The number of H-pyrrole nitrogens is 1. The highest BCUT2D eigenvalue weighted by atomic mass is 32.2. The van der Waals surface area contributed by atoms with Crippen molar-refractivity contribution in [2.45, 2.75) is 5.03 Å². The quantitative estimate of drug-likeness (QED) is 0.641. The molecule has 4 heteroatoms. The third kappa shape index (κ3) is 3.68.